The third kappa shape index (κ3) is 6.63. The Labute approximate surface area is 318 Å². The van der Waals surface area contributed by atoms with Crippen LogP contribution in [0.3, 0.4) is 0 Å². The molecular formula is C42H50F5N5O3. The minimum absolute atomic E-state index is 0.0142. The number of hydrogen-bond donors (Lipinski definition) is 1. The van der Waals surface area contributed by atoms with Gasteiger partial charge in [0.1, 0.15) is 23.2 Å². The molecule has 6 saturated carbocycles. The van der Waals surface area contributed by atoms with Gasteiger partial charge in [-0.3, -0.25) is 14.5 Å². The maximum absolute atomic E-state index is 15.5. The predicted octanol–water partition coefficient (Wildman–Crippen LogP) is 8.82. The summed E-state index contributed by atoms with van der Waals surface area (Å²) in [5.41, 5.74) is -0.833. The number of halogens is 5. The maximum atomic E-state index is 15.5. The van der Waals surface area contributed by atoms with E-state index in [9.17, 15) is 22.8 Å². The number of carbonyl (C=O) groups is 2. The number of rotatable bonds is 9. The molecule has 8 nitrogen and oxygen atoms in total. The van der Waals surface area contributed by atoms with Crippen LogP contribution in [0.25, 0.3) is 22.3 Å². The molecule has 13 heteroatoms. The predicted molar refractivity (Wildman–Crippen MR) is 196 cm³/mol. The summed E-state index contributed by atoms with van der Waals surface area (Å²) in [7, 11) is 0. The van der Waals surface area contributed by atoms with E-state index in [1.54, 1.807) is 0 Å². The van der Waals surface area contributed by atoms with E-state index in [1.807, 2.05) is 29.3 Å². The van der Waals surface area contributed by atoms with Crippen molar-refractivity contribution in [2.45, 2.75) is 139 Å². The fraction of sp³-hybridized carbons (Fsp3) is 0.667. The molecule has 296 valence electrons. The van der Waals surface area contributed by atoms with Crippen LogP contribution < -0.4 is 10.1 Å². The molecule has 7 fully saturated rings. The van der Waals surface area contributed by atoms with Crippen molar-refractivity contribution in [1.82, 2.24) is 24.8 Å². The normalized spacial score (nSPS) is 34.4. The van der Waals surface area contributed by atoms with Crippen molar-refractivity contribution in [1.29, 1.82) is 0 Å². The van der Waals surface area contributed by atoms with E-state index in [2.05, 4.69) is 19.9 Å². The van der Waals surface area contributed by atoms with Gasteiger partial charge in [-0.25, -0.2) is 23.1 Å². The zero-order valence-electron chi connectivity index (χ0n) is 31.5. The number of nitrogens with one attached hydrogen (secondary N) is 1. The number of ether oxygens (including phenoxy) is 1. The zero-order chi connectivity index (χ0) is 38.4. The van der Waals surface area contributed by atoms with Crippen molar-refractivity contribution in [2.24, 2.45) is 23.7 Å². The molecular weight excluding hydrogens is 717 g/mol. The molecule has 1 amide bonds. The van der Waals surface area contributed by atoms with Gasteiger partial charge in [0.2, 0.25) is 0 Å². The fourth-order valence-electron chi connectivity index (χ4n) is 11.7. The molecule has 4 bridgehead atoms. The Bertz CT molecular complexity index is 1940. The van der Waals surface area contributed by atoms with Crippen LogP contribution >= 0.6 is 0 Å². The molecule has 1 N–H and O–H groups in total. The average Bonchev–Trinajstić information content (AvgIpc) is 3.50. The molecule has 7 aliphatic rings. The highest BCUT2D eigenvalue weighted by Crippen LogP contribution is 2.58. The van der Waals surface area contributed by atoms with Crippen LogP contribution in [0.5, 0.6) is 5.75 Å². The highest BCUT2D eigenvalue weighted by molar-refractivity contribution is 6.01. The molecule has 1 aliphatic heterocycles. The van der Waals surface area contributed by atoms with E-state index < -0.39 is 35.2 Å². The van der Waals surface area contributed by atoms with Crippen molar-refractivity contribution < 1.29 is 36.3 Å². The minimum atomic E-state index is -3.49. The maximum Gasteiger partial charge on any atom is 0.287 e. The summed E-state index contributed by atoms with van der Waals surface area (Å²) < 4.78 is 80.7. The molecule has 55 heavy (non-hydrogen) atoms. The lowest BCUT2D eigenvalue weighted by Gasteiger charge is -2.60. The summed E-state index contributed by atoms with van der Waals surface area (Å²) in [6.07, 6.45) is 11.7. The number of alkyl halides is 5. The van der Waals surface area contributed by atoms with Gasteiger partial charge >= 0.3 is 0 Å². The monoisotopic (exact) mass is 767 g/mol. The van der Waals surface area contributed by atoms with Crippen LogP contribution in [0.1, 0.15) is 119 Å². The first-order chi connectivity index (χ1) is 26.2. The summed E-state index contributed by atoms with van der Waals surface area (Å²) in [5, 5.41) is 3.73. The summed E-state index contributed by atoms with van der Waals surface area (Å²) in [5.74, 6) is -5.24. The van der Waals surface area contributed by atoms with E-state index >= 15 is 8.78 Å². The summed E-state index contributed by atoms with van der Waals surface area (Å²) in [6.45, 7) is 1.87. The Morgan fingerprint density at radius 3 is 2.15 bits per heavy atom. The molecule has 1 saturated heterocycles. The summed E-state index contributed by atoms with van der Waals surface area (Å²) in [4.78, 5) is 38.2. The molecule has 0 atom stereocenters. The number of Topliss-reactive ketones (excluding diaryl/α,β-unsaturated/α-hetero) is 1. The van der Waals surface area contributed by atoms with Crippen molar-refractivity contribution >= 4 is 22.6 Å². The van der Waals surface area contributed by atoms with E-state index in [-0.39, 0.29) is 60.3 Å². The van der Waals surface area contributed by atoms with Gasteiger partial charge in [-0.1, -0.05) is 0 Å². The molecule has 0 spiro atoms. The van der Waals surface area contributed by atoms with Gasteiger partial charge in [0.25, 0.3) is 17.8 Å². The Balaban J connectivity index is 1.01. The molecule has 3 aromatic rings. The molecule has 1 aromatic carbocycles. The van der Waals surface area contributed by atoms with Crippen molar-refractivity contribution in [3.05, 3.63) is 41.9 Å². The first-order valence-electron chi connectivity index (χ1n) is 20.3. The van der Waals surface area contributed by atoms with Crippen LogP contribution in [0.2, 0.25) is 0 Å². The molecule has 10 rings (SSSR count). The van der Waals surface area contributed by atoms with Gasteiger partial charge in [0, 0.05) is 48.4 Å². The molecule has 2 aromatic heterocycles. The number of amides is 1. The summed E-state index contributed by atoms with van der Waals surface area (Å²) >= 11 is 0. The molecule has 0 radical (unpaired) electrons. The molecule has 0 unspecified atom stereocenters. The Morgan fingerprint density at radius 1 is 0.909 bits per heavy atom. The summed E-state index contributed by atoms with van der Waals surface area (Å²) in [6, 6.07) is 5.72. The van der Waals surface area contributed by atoms with Crippen LogP contribution in [-0.2, 0) is 10.7 Å². The minimum Gasteiger partial charge on any atom is -0.490 e. The Morgan fingerprint density at radius 2 is 1.55 bits per heavy atom. The van der Waals surface area contributed by atoms with Crippen molar-refractivity contribution in [2.75, 3.05) is 13.1 Å². The quantitative estimate of drug-likeness (QED) is 0.219. The third-order valence-corrected chi connectivity index (χ3v) is 14.2. The van der Waals surface area contributed by atoms with Gasteiger partial charge in [-0.15, -0.1) is 0 Å². The highest BCUT2D eigenvalue weighted by Gasteiger charge is 2.60. The van der Waals surface area contributed by atoms with Gasteiger partial charge in [0.15, 0.2) is 11.6 Å². The largest absolute Gasteiger partial charge is 0.490 e. The molecule has 3 heterocycles. The van der Waals surface area contributed by atoms with Crippen LogP contribution in [0.4, 0.5) is 22.0 Å². The van der Waals surface area contributed by atoms with Crippen LogP contribution in [-0.4, -0.2) is 74.0 Å². The fourth-order valence-corrected chi connectivity index (χ4v) is 11.7. The lowest BCUT2D eigenvalue weighted by molar-refractivity contribution is -0.151. The highest BCUT2D eigenvalue weighted by atomic mass is 19.3. The molecule has 6 aliphatic carbocycles. The third-order valence-electron chi connectivity index (χ3n) is 14.2. The smallest absolute Gasteiger partial charge is 0.287 e. The number of likely N-dealkylation sites (tertiary alicyclic amines) is 1. The SMILES string of the molecule is CC(=O)C1(NC(=O)c2cnc(-c3cn(C4CCC(F)CC4)c4cc(O[C@H]5CC[C@H](N6CC(F)(F)C6)CC5)ccc34)nc2C(C)(F)F)C2CC3CC(C2)CC1C3. The standard InChI is InChI=1S/C42H50F5N5O3/c1-23(53)42(26-14-24-13-25(16-26)17-27(42)15-24)50-39(54)34-19-48-38(49-37(34)40(2,44)45)35-20-52(30-5-3-28(43)4-6-30)36-18-32(11-12-33(35)36)55-31-9-7-29(8-10-31)51-21-41(46,47)22-51/h11-12,18-20,24-31H,3-10,13-17,21-22H2,1-2H3,(H,50,54)/t24?,25?,26?,27?,28?,29-,30?,31-,42?. The number of hydrogen-bond acceptors (Lipinski definition) is 6. The van der Waals surface area contributed by atoms with E-state index in [0.717, 1.165) is 63.3 Å². The number of carbonyl (C=O) groups excluding carboxylic acids is 2. The number of ketones is 1. The van der Waals surface area contributed by atoms with Gasteiger partial charge < -0.3 is 14.6 Å². The number of benzene rings is 1. The van der Waals surface area contributed by atoms with Gasteiger partial charge in [0.05, 0.1) is 30.3 Å². The van der Waals surface area contributed by atoms with E-state index in [4.69, 9.17) is 4.74 Å². The van der Waals surface area contributed by atoms with Crippen LogP contribution in [0, 0.1) is 23.7 Å². The first-order valence-corrected chi connectivity index (χ1v) is 20.3. The lowest BCUT2D eigenvalue weighted by Crippen LogP contribution is -2.69. The Kier molecular flexibility index (Phi) is 9.09. The number of aromatic nitrogens is 3. The second-order valence-electron chi connectivity index (χ2n) is 17.9. The lowest BCUT2D eigenvalue weighted by atomic mass is 9.47. The number of nitrogens with zero attached hydrogens (tertiary/aromatic N) is 4. The topological polar surface area (TPSA) is 89.3 Å². The second-order valence-corrected chi connectivity index (χ2v) is 17.9. The second kappa shape index (κ2) is 13.5. The van der Waals surface area contributed by atoms with Gasteiger partial charge in [-0.05, 0) is 126 Å². The number of fused-ring (bicyclic) bond motifs is 1. The van der Waals surface area contributed by atoms with Crippen molar-refractivity contribution in [3.63, 3.8) is 0 Å². The van der Waals surface area contributed by atoms with Crippen molar-refractivity contribution in [3.8, 4) is 17.1 Å². The first kappa shape index (κ1) is 37.0. The average molecular weight is 768 g/mol. The van der Waals surface area contributed by atoms with E-state index in [1.165, 1.54) is 13.1 Å². The Hall–Kier alpha value is -3.61. The zero-order valence-corrected chi connectivity index (χ0v) is 31.5. The van der Waals surface area contributed by atoms with E-state index in [0.29, 0.717) is 61.1 Å². The van der Waals surface area contributed by atoms with Gasteiger partial charge in [-0.2, -0.15) is 8.78 Å². The van der Waals surface area contributed by atoms with Crippen LogP contribution in [0.15, 0.2) is 30.6 Å².